The van der Waals surface area contributed by atoms with E-state index in [2.05, 4.69) is 5.32 Å². The van der Waals surface area contributed by atoms with Gasteiger partial charge in [0.15, 0.2) is 17.2 Å². The van der Waals surface area contributed by atoms with E-state index >= 15 is 0 Å². The molecule has 2 aromatic rings. The minimum atomic E-state index is -0.760. The van der Waals surface area contributed by atoms with Crippen molar-refractivity contribution in [2.45, 2.75) is 32.0 Å². The van der Waals surface area contributed by atoms with E-state index in [1.54, 1.807) is 12.0 Å². The number of methoxy groups -OCH3 is 1. The first-order chi connectivity index (χ1) is 11.5. The van der Waals surface area contributed by atoms with Gasteiger partial charge in [0, 0.05) is 17.7 Å². The number of urea groups is 1. The molecule has 0 aliphatic carbocycles. The number of amides is 2. The minimum Gasteiger partial charge on any atom is -0.493 e. The van der Waals surface area contributed by atoms with Crippen LogP contribution in [0.15, 0.2) is 42.5 Å². The third-order valence-electron chi connectivity index (χ3n) is 4.78. The van der Waals surface area contributed by atoms with Gasteiger partial charge in [0.1, 0.15) is 0 Å². The molecule has 1 fully saturated rings. The number of nitrogens with zero attached hydrogens (tertiary/aromatic N) is 1. The maximum atomic E-state index is 12.8. The summed E-state index contributed by atoms with van der Waals surface area (Å²) in [5, 5.41) is 3.10. The summed E-state index contributed by atoms with van der Waals surface area (Å²) in [6, 6.07) is 13.4. The highest BCUT2D eigenvalue weighted by Crippen LogP contribution is 2.48. The number of ether oxygens (including phenoxy) is 2. The normalized spacial score (nSPS) is 24.7. The summed E-state index contributed by atoms with van der Waals surface area (Å²) < 4.78 is 11.8. The number of carbonyl (C=O) groups is 1. The van der Waals surface area contributed by atoms with Crippen molar-refractivity contribution in [2.24, 2.45) is 0 Å². The molecule has 2 aliphatic heterocycles. The molecule has 4 rings (SSSR count). The molecule has 2 amide bonds. The van der Waals surface area contributed by atoms with Crippen LogP contribution in [0.1, 0.15) is 30.5 Å². The van der Waals surface area contributed by atoms with Gasteiger partial charge in [-0.3, -0.25) is 4.90 Å². The average Bonchev–Trinajstić information content (AvgIpc) is 2.55. The fraction of sp³-hybridized carbons (Fsp3) is 0.316. The summed E-state index contributed by atoms with van der Waals surface area (Å²) in [5.41, 5.74) is 2.17. The summed E-state index contributed by atoms with van der Waals surface area (Å²) in [7, 11) is 1.63. The van der Waals surface area contributed by atoms with Crippen LogP contribution in [0, 0.1) is 6.92 Å². The SMILES string of the molecule is COc1cccc2c1O[C@]1(C)C[C@H]2NC(=O)N1c1ccc(C)cc1. The summed E-state index contributed by atoms with van der Waals surface area (Å²) >= 11 is 0. The molecule has 2 heterocycles. The molecule has 2 aromatic carbocycles. The fourth-order valence-corrected chi connectivity index (χ4v) is 3.61. The molecule has 24 heavy (non-hydrogen) atoms. The van der Waals surface area contributed by atoms with Gasteiger partial charge in [0.25, 0.3) is 0 Å². The van der Waals surface area contributed by atoms with Crippen LogP contribution in [0.4, 0.5) is 10.5 Å². The van der Waals surface area contributed by atoms with Crippen LogP contribution in [-0.2, 0) is 0 Å². The van der Waals surface area contributed by atoms with Crippen LogP contribution in [-0.4, -0.2) is 18.9 Å². The third-order valence-corrected chi connectivity index (χ3v) is 4.78. The predicted molar refractivity (Wildman–Crippen MR) is 91.6 cm³/mol. The molecule has 0 radical (unpaired) electrons. The first-order valence-corrected chi connectivity index (χ1v) is 8.05. The Bertz CT molecular complexity index is 803. The van der Waals surface area contributed by atoms with Gasteiger partial charge in [-0.2, -0.15) is 0 Å². The van der Waals surface area contributed by atoms with E-state index in [4.69, 9.17) is 9.47 Å². The maximum Gasteiger partial charge on any atom is 0.325 e. The Kier molecular flexibility index (Phi) is 3.20. The molecule has 2 bridgehead atoms. The smallest absolute Gasteiger partial charge is 0.325 e. The molecule has 2 atom stereocenters. The Hall–Kier alpha value is -2.69. The molecule has 124 valence electrons. The molecule has 5 heteroatoms. The molecule has 0 saturated carbocycles. The highest BCUT2D eigenvalue weighted by molar-refractivity contribution is 5.95. The molecule has 0 aromatic heterocycles. The second kappa shape index (κ2) is 5.16. The zero-order valence-electron chi connectivity index (χ0n) is 14.0. The number of rotatable bonds is 2. The number of aryl methyl sites for hydroxylation is 1. The number of nitrogens with one attached hydrogen (secondary N) is 1. The van der Waals surface area contributed by atoms with Crippen LogP contribution in [0.25, 0.3) is 0 Å². The van der Waals surface area contributed by atoms with E-state index in [1.807, 2.05) is 56.3 Å². The molecule has 5 nitrogen and oxygen atoms in total. The Morgan fingerprint density at radius 2 is 2.00 bits per heavy atom. The summed E-state index contributed by atoms with van der Waals surface area (Å²) in [5.74, 6) is 1.39. The molecule has 1 saturated heterocycles. The second-order valence-corrected chi connectivity index (χ2v) is 6.53. The van der Waals surface area contributed by atoms with Gasteiger partial charge < -0.3 is 14.8 Å². The van der Waals surface area contributed by atoms with Crippen LogP contribution in [0.2, 0.25) is 0 Å². The number of fused-ring (bicyclic) bond motifs is 4. The quantitative estimate of drug-likeness (QED) is 0.915. The van der Waals surface area contributed by atoms with Gasteiger partial charge in [0.2, 0.25) is 0 Å². The molecule has 1 N–H and O–H groups in total. The first kappa shape index (κ1) is 14.9. The van der Waals surface area contributed by atoms with Crippen molar-refractivity contribution in [1.82, 2.24) is 5.32 Å². The van der Waals surface area contributed by atoms with Gasteiger partial charge in [-0.05, 0) is 32.0 Å². The molecule has 0 unspecified atom stereocenters. The van der Waals surface area contributed by atoms with Gasteiger partial charge in [0.05, 0.1) is 13.2 Å². The minimum absolute atomic E-state index is 0.0805. The van der Waals surface area contributed by atoms with Gasteiger partial charge in [-0.15, -0.1) is 0 Å². The van der Waals surface area contributed by atoms with E-state index in [9.17, 15) is 4.79 Å². The third kappa shape index (κ3) is 2.12. The molecular formula is C19H20N2O3. The zero-order chi connectivity index (χ0) is 16.9. The zero-order valence-corrected chi connectivity index (χ0v) is 14.0. The van der Waals surface area contributed by atoms with Gasteiger partial charge >= 0.3 is 6.03 Å². The lowest BCUT2D eigenvalue weighted by Crippen LogP contribution is -2.65. The van der Waals surface area contributed by atoms with Crippen LogP contribution in [0.5, 0.6) is 11.5 Å². The second-order valence-electron chi connectivity index (χ2n) is 6.53. The Morgan fingerprint density at radius 1 is 1.25 bits per heavy atom. The number of para-hydroxylation sites is 1. The van der Waals surface area contributed by atoms with Crippen LogP contribution < -0.4 is 19.7 Å². The van der Waals surface area contributed by atoms with Crippen LogP contribution >= 0.6 is 0 Å². The van der Waals surface area contributed by atoms with E-state index in [0.29, 0.717) is 17.9 Å². The van der Waals surface area contributed by atoms with Gasteiger partial charge in [-0.1, -0.05) is 29.8 Å². The Morgan fingerprint density at radius 3 is 2.71 bits per heavy atom. The lowest BCUT2D eigenvalue weighted by molar-refractivity contribution is 0.0349. The highest BCUT2D eigenvalue weighted by atomic mass is 16.5. The van der Waals surface area contributed by atoms with E-state index in [-0.39, 0.29) is 12.1 Å². The Balaban J connectivity index is 1.81. The van der Waals surface area contributed by atoms with Crippen molar-refractivity contribution in [1.29, 1.82) is 0 Å². The van der Waals surface area contributed by atoms with Crippen molar-refractivity contribution in [3.8, 4) is 11.5 Å². The molecule has 2 aliphatic rings. The van der Waals surface area contributed by atoms with Crippen molar-refractivity contribution < 1.29 is 14.3 Å². The number of hydrogen-bond donors (Lipinski definition) is 1. The lowest BCUT2D eigenvalue weighted by atomic mass is 9.90. The highest BCUT2D eigenvalue weighted by Gasteiger charge is 2.50. The number of benzene rings is 2. The number of carbonyl (C=O) groups excluding carboxylic acids is 1. The van der Waals surface area contributed by atoms with Crippen molar-refractivity contribution >= 4 is 11.7 Å². The van der Waals surface area contributed by atoms with Crippen LogP contribution in [0.3, 0.4) is 0 Å². The number of hydrogen-bond acceptors (Lipinski definition) is 3. The summed E-state index contributed by atoms with van der Waals surface area (Å²) in [6.45, 7) is 3.98. The lowest BCUT2D eigenvalue weighted by Gasteiger charge is -2.50. The van der Waals surface area contributed by atoms with Crippen molar-refractivity contribution in [3.05, 3.63) is 53.6 Å². The monoisotopic (exact) mass is 324 g/mol. The molecular weight excluding hydrogens is 304 g/mol. The average molecular weight is 324 g/mol. The van der Waals surface area contributed by atoms with Gasteiger partial charge in [-0.25, -0.2) is 4.79 Å². The van der Waals surface area contributed by atoms with Crippen molar-refractivity contribution in [2.75, 3.05) is 12.0 Å². The topological polar surface area (TPSA) is 50.8 Å². The first-order valence-electron chi connectivity index (χ1n) is 8.05. The van der Waals surface area contributed by atoms with Crippen molar-refractivity contribution in [3.63, 3.8) is 0 Å². The number of anilines is 1. The summed E-state index contributed by atoms with van der Waals surface area (Å²) in [4.78, 5) is 14.5. The van der Waals surface area contributed by atoms with E-state index < -0.39 is 5.72 Å². The standard InChI is InChI=1S/C19H20N2O3/c1-12-7-9-13(10-8-12)21-18(22)20-15-11-19(21,2)24-17-14(15)5-4-6-16(17)23-3/h4-10,15H,11H2,1-3H3,(H,20,22)/t15-,19-/m1/s1. The van der Waals surface area contributed by atoms with E-state index in [0.717, 1.165) is 16.8 Å². The van der Waals surface area contributed by atoms with E-state index in [1.165, 1.54) is 0 Å². The fourth-order valence-electron chi connectivity index (χ4n) is 3.61. The Labute approximate surface area is 141 Å². The maximum absolute atomic E-state index is 12.8. The summed E-state index contributed by atoms with van der Waals surface area (Å²) in [6.07, 6.45) is 0.673. The molecule has 0 spiro atoms. The predicted octanol–water partition coefficient (Wildman–Crippen LogP) is 3.77. The largest absolute Gasteiger partial charge is 0.493 e.